The fraction of sp³-hybridized carbons (Fsp3) is 0.407. The molecule has 2 fully saturated rings. The molecule has 2 saturated heterocycles. The molecule has 0 aliphatic carbocycles. The van der Waals surface area contributed by atoms with Gasteiger partial charge in [-0.25, -0.2) is 9.18 Å². The Hall–Kier alpha value is -3.19. The molecule has 2 aromatic carbocycles. The first-order chi connectivity index (χ1) is 16.3. The van der Waals surface area contributed by atoms with Crippen LogP contribution in [0.5, 0.6) is 0 Å². The zero-order valence-electron chi connectivity index (χ0n) is 20.1. The summed E-state index contributed by atoms with van der Waals surface area (Å²) in [4.78, 5) is 31.5. The number of hydrogen-bond donors (Lipinski definition) is 1. The van der Waals surface area contributed by atoms with Crippen molar-refractivity contribution >= 4 is 23.7 Å². The van der Waals surface area contributed by atoms with Crippen molar-refractivity contribution in [3.05, 3.63) is 71.6 Å². The van der Waals surface area contributed by atoms with Crippen molar-refractivity contribution in [3.63, 3.8) is 0 Å². The Morgan fingerprint density at radius 3 is 2.32 bits per heavy atom. The lowest BCUT2D eigenvalue weighted by molar-refractivity contribution is -0.133. The van der Waals surface area contributed by atoms with Gasteiger partial charge in [0.15, 0.2) is 0 Å². The summed E-state index contributed by atoms with van der Waals surface area (Å²) in [6, 6.07) is 14.0. The summed E-state index contributed by atoms with van der Waals surface area (Å²) in [6.07, 6.45) is 6.01. The molecular weight excluding hydrogens is 431 g/mol. The lowest BCUT2D eigenvalue weighted by atomic mass is 9.79. The van der Waals surface area contributed by atoms with Gasteiger partial charge in [-0.2, -0.15) is 0 Å². The molecule has 7 heteroatoms. The highest BCUT2D eigenvalue weighted by atomic mass is 19.1. The van der Waals surface area contributed by atoms with Crippen molar-refractivity contribution in [2.75, 3.05) is 38.6 Å². The van der Waals surface area contributed by atoms with E-state index in [9.17, 15) is 14.0 Å². The summed E-state index contributed by atoms with van der Waals surface area (Å²) in [7, 11) is 4.06. The number of benzene rings is 2. The van der Waals surface area contributed by atoms with Gasteiger partial charge >= 0.3 is 6.03 Å². The molecule has 0 aromatic heterocycles. The van der Waals surface area contributed by atoms with Crippen LogP contribution in [0.15, 0.2) is 54.6 Å². The summed E-state index contributed by atoms with van der Waals surface area (Å²) < 4.78 is 13.2. The zero-order chi connectivity index (χ0) is 24.3. The van der Waals surface area contributed by atoms with E-state index in [1.165, 1.54) is 28.3 Å². The van der Waals surface area contributed by atoms with Crippen LogP contribution in [0.1, 0.15) is 30.9 Å². The first-order valence-electron chi connectivity index (χ1n) is 11.8. The number of likely N-dealkylation sites (tertiary alicyclic amines) is 1. The number of piperidine rings is 1. The predicted octanol–water partition coefficient (Wildman–Crippen LogP) is 4.13. The zero-order valence-corrected chi connectivity index (χ0v) is 20.1. The third-order valence-electron chi connectivity index (χ3n) is 7.04. The monoisotopic (exact) mass is 464 g/mol. The van der Waals surface area contributed by atoms with E-state index in [1.54, 1.807) is 12.1 Å². The highest BCUT2D eigenvalue weighted by molar-refractivity contribution is 6.06. The van der Waals surface area contributed by atoms with E-state index in [2.05, 4.69) is 51.5 Å². The van der Waals surface area contributed by atoms with Crippen LogP contribution in [-0.4, -0.2) is 61.0 Å². The van der Waals surface area contributed by atoms with E-state index in [0.717, 1.165) is 38.0 Å². The standard InChI is InChI=1S/C27H33FN4O2/c1-27(25(33)32(26(34)29-27)19-21-6-10-23(28)11-7-21)22-14-17-31(18-15-22)16-4-5-20-8-12-24(13-9-20)30(2)3/h4-13,22H,14-19H2,1-3H3,(H,29,34)/b5-4+/t27-/m1/s1. The van der Waals surface area contributed by atoms with Gasteiger partial charge in [-0.3, -0.25) is 14.6 Å². The van der Waals surface area contributed by atoms with Crippen LogP contribution in [0.3, 0.4) is 0 Å². The third-order valence-corrected chi connectivity index (χ3v) is 7.04. The highest BCUT2D eigenvalue weighted by Crippen LogP contribution is 2.34. The number of rotatable bonds is 7. The summed E-state index contributed by atoms with van der Waals surface area (Å²) in [5, 5.41) is 2.95. The predicted molar refractivity (Wildman–Crippen MR) is 133 cm³/mol. The third kappa shape index (κ3) is 5.14. The Morgan fingerprint density at radius 1 is 1.06 bits per heavy atom. The number of carbonyl (C=O) groups excluding carboxylic acids is 2. The van der Waals surface area contributed by atoms with Gasteiger partial charge in [-0.15, -0.1) is 0 Å². The summed E-state index contributed by atoms with van der Waals surface area (Å²) in [5.74, 6) is -0.447. The van der Waals surface area contributed by atoms with Gasteiger partial charge in [0.25, 0.3) is 5.91 Å². The average Bonchev–Trinajstić information content (AvgIpc) is 3.05. The topological polar surface area (TPSA) is 55.9 Å². The lowest BCUT2D eigenvalue weighted by Gasteiger charge is -2.38. The normalized spacial score (nSPS) is 21.9. The van der Waals surface area contributed by atoms with Gasteiger partial charge in [-0.05, 0) is 74.2 Å². The van der Waals surface area contributed by atoms with Gasteiger partial charge in [0.05, 0.1) is 6.54 Å². The quantitative estimate of drug-likeness (QED) is 0.626. The van der Waals surface area contributed by atoms with Crippen LogP contribution in [0.4, 0.5) is 14.9 Å². The van der Waals surface area contributed by atoms with Crippen molar-refractivity contribution in [1.29, 1.82) is 0 Å². The molecule has 2 aromatic rings. The molecule has 2 heterocycles. The Morgan fingerprint density at radius 2 is 1.71 bits per heavy atom. The molecule has 6 nitrogen and oxygen atoms in total. The SMILES string of the molecule is CN(C)c1ccc(/C=C/CN2CCC([C@@]3(C)NC(=O)N(Cc4ccc(F)cc4)C3=O)CC2)cc1. The second-order valence-electron chi connectivity index (χ2n) is 9.61. The molecular formula is C27H33FN4O2. The Kier molecular flexibility index (Phi) is 7.03. The maximum Gasteiger partial charge on any atom is 0.325 e. The molecule has 180 valence electrons. The molecule has 2 aliphatic heterocycles. The molecule has 1 atom stereocenters. The molecule has 0 spiro atoms. The van der Waals surface area contributed by atoms with Crippen molar-refractivity contribution < 1.29 is 14.0 Å². The second kappa shape index (κ2) is 9.97. The number of anilines is 1. The van der Waals surface area contributed by atoms with Gasteiger partial charge in [0.1, 0.15) is 11.4 Å². The summed E-state index contributed by atoms with van der Waals surface area (Å²) in [5.41, 5.74) is 2.19. The fourth-order valence-corrected chi connectivity index (χ4v) is 4.82. The minimum Gasteiger partial charge on any atom is -0.378 e. The van der Waals surface area contributed by atoms with Gasteiger partial charge in [0, 0.05) is 26.3 Å². The van der Waals surface area contributed by atoms with Gasteiger partial charge < -0.3 is 10.2 Å². The minimum absolute atomic E-state index is 0.0842. The maximum atomic E-state index is 13.2. The summed E-state index contributed by atoms with van der Waals surface area (Å²) >= 11 is 0. The molecule has 0 unspecified atom stereocenters. The van der Waals surface area contributed by atoms with Crippen LogP contribution in [-0.2, 0) is 11.3 Å². The molecule has 2 aliphatic rings. The Bertz CT molecular complexity index is 1040. The number of nitrogens with zero attached hydrogens (tertiary/aromatic N) is 3. The largest absolute Gasteiger partial charge is 0.378 e. The van der Waals surface area contributed by atoms with Crippen LogP contribution in [0.25, 0.3) is 6.08 Å². The second-order valence-corrected chi connectivity index (χ2v) is 9.61. The van der Waals surface area contributed by atoms with E-state index in [-0.39, 0.29) is 30.2 Å². The number of nitrogens with one attached hydrogen (secondary N) is 1. The smallest absolute Gasteiger partial charge is 0.325 e. The molecule has 0 bridgehead atoms. The first kappa shape index (κ1) is 24.0. The van der Waals surface area contributed by atoms with E-state index in [1.807, 2.05) is 21.0 Å². The van der Waals surface area contributed by atoms with Gasteiger partial charge in [0.2, 0.25) is 0 Å². The number of carbonyl (C=O) groups is 2. The maximum absolute atomic E-state index is 13.2. The van der Waals surface area contributed by atoms with E-state index in [0.29, 0.717) is 0 Å². The molecule has 1 N–H and O–H groups in total. The van der Waals surface area contributed by atoms with Crippen molar-refractivity contribution in [3.8, 4) is 0 Å². The molecule has 0 radical (unpaired) electrons. The number of imide groups is 1. The molecule has 34 heavy (non-hydrogen) atoms. The lowest BCUT2D eigenvalue weighted by Crippen LogP contribution is -2.53. The van der Waals surface area contributed by atoms with Crippen LogP contribution < -0.4 is 10.2 Å². The van der Waals surface area contributed by atoms with Crippen LogP contribution in [0.2, 0.25) is 0 Å². The fourth-order valence-electron chi connectivity index (χ4n) is 4.82. The van der Waals surface area contributed by atoms with Crippen molar-refractivity contribution in [1.82, 2.24) is 15.1 Å². The van der Waals surface area contributed by atoms with Crippen molar-refractivity contribution in [2.24, 2.45) is 5.92 Å². The number of amides is 3. The molecule has 4 rings (SSSR count). The molecule has 3 amide bonds. The number of urea groups is 1. The number of hydrogen-bond acceptors (Lipinski definition) is 4. The first-order valence-corrected chi connectivity index (χ1v) is 11.8. The van der Waals surface area contributed by atoms with Gasteiger partial charge in [-0.1, -0.05) is 36.4 Å². The average molecular weight is 465 g/mol. The Labute approximate surface area is 201 Å². The minimum atomic E-state index is -0.896. The van der Waals surface area contributed by atoms with E-state index in [4.69, 9.17) is 0 Å². The van der Waals surface area contributed by atoms with Crippen molar-refractivity contribution in [2.45, 2.75) is 31.8 Å². The van der Waals surface area contributed by atoms with E-state index >= 15 is 0 Å². The summed E-state index contributed by atoms with van der Waals surface area (Å²) in [6.45, 7) is 4.61. The highest BCUT2D eigenvalue weighted by Gasteiger charge is 2.52. The molecule has 0 saturated carbocycles. The van der Waals surface area contributed by atoms with E-state index < -0.39 is 5.54 Å². The Balaban J connectivity index is 1.30. The van der Waals surface area contributed by atoms with Crippen LogP contribution >= 0.6 is 0 Å². The van der Waals surface area contributed by atoms with Crippen LogP contribution in [0, 0.1) is 11.7 Å². The number of halogens is 1.